The maximum atomic E-state index is 10.7. The van der Waals surface area contributed by atoms with Gasteiger partial charge in [-0.1, -0.05) is 23.7 Å². The maximum absolute atomic E-state index is 10.7. The zero-order valence-corrected chi connectivity index (χ0v) is 11.9. The Morgan fingerprint density at radius 3 is 2.67 bits per heavy atom. The second-order valence-electron chi connectivity index (χ2n) is 4.64. The standard InChI is InChI=1S/C14H11ClN4O2/c1-9-17-12-6-7-16-14(15)13(12)18(9)8-10-2-4-11(5-3-10)19(20)21/h2-7H,8H2,1H3. The molecule has 0 aliphatic rings. The fourth-order valence-corrected chi connectivity index (χ4v) is 2.51. The first kappa shape index (κ1) is 13.5. The molecule has 0 aliphatic carbocycles. The van der Waals surface area contributed by atoms with E-state index in [1.807, 2.05) is 11.5 Å². The fourth-order valence-electron chi connectivity index (χ4n) is 2.25. The molecule has 0 fully saturated rings. The van der Waals surface area contributed by atoms with E-state index in [4.69, 9.17) is 11.6 Å². The molecule has 0 amide bonds. The fraction of sp³-hybridized carbons (Fsp3) is 0.143. The molecule has 0 bridgehead atoms. The Labute approximate surface area is 125 Å². The molecule has 0 atom stereocenters. The monoisotopic (exact) mass is 302 g/mol. The molecule has 21 heavy (non-hydrogen) atoms. The highest BCUT2D eigenvalue weighted by Crippen LogP contribution is 2.23. The molecule has 0 spiro atoms. The van der Waals surface area contributed by atoms with Crippen molar-refractivity contribution in [1.82, 2.24) is 14.5 Å². The molecule has 2 heterocycles. The van der Waals surface area contributed by atoms with Crippen LogP contribution in [-0.4, -0.2) is 19.5 Å². The zero-order chi connectivity index (χ0) is 15.0. The van der Waals surface area contributed by atoms with Crippen molar-refractivity contribution in [3.8, 4) is 0 Å². The summed E-state index contributed by atoms with van der Waals surface area (Å²) in [5, 5.41) is 11.1. The van der Waals surface area contributed by atoms with Gasteiger partial charge in [-0.15, -0.1) is 0 Å². The van der Waals surface area contributed by atoms with Gasteiger partial charge < -0.3 is 4.57 Å². The van der Waals surface area contributed by atoms with Crippen molar-refractivity contribution < 1.29 is 4.92 Å². The second kappa shape index (κ2) is 5.14. The van der Waals surface area contributed by atoms with E-state index in [1.165, 1.54) is 12.1 Å². The van der Waals surface area contributed by atoms with Gasteiger partial charge in [0.15, 0.2) is 5.15 Å². The second-order valence-corrected chi connectivity index (χ2v) is 5.00. The average Bonchev–Trinajstić information content (AvgIpc) is 2.77. The number of halogens is 1. The van der Waals surface area contributed by atoms with Gasteiger partial charge in [0.05, 0.1) is 10.4 Å². The van der Waals surface area contributed by atoms with Gasteiger partial charge in [-0.05, 0) is 18.6 Å². The Balaban J connectivity index is 2.01. The molecule has 0 radical (unpaired) electrons. The molecule has 106 valence electrons. The van der Waals surface area contributed by atoms with E-state index in [0.29, 0.717) is 11.7 Å². The van der Waals surface area contributed by atoms with Crippen LogP contribution in [0.25, 0.3) is 11.0 Å². The summed E-state index contributed by atoms with van der Waals surface area (Å²) in [5.41, 5.74) is 2.57. The summed E-state index contributed by atoms with van der Waals surface area (Å²) in [5.74, 6) is 0.818. The number of non-ortho nitro benzene ring substituents is 1. The highest BCUT2D eigenvalue weighted by molar-refractivity contribution is 6.33. The number of nitro benzene ring substituents is 1. The van der Waals surface area contributed by atoms with Gasteiger partial charge in [-0.25, -0.2) is 9.97 Å². The molecule has 0 saturated carbocycles. The molecule has 1 aromatic carbocycles. The lowest BCUT2D eigenvalue weighted by Crippen LogP contribution is -2.02. The van der Waals surface area contributed by atoms with E-state index in [1.54, 1.807) is 24.4 Å². The van der Waals surface area contributed by atoms with E-state index >= 15 is 0 Å². The topological polar surface area (TPSA) is 73.8 Å². The molecular weight excluding hydrogens is 292 g/mol. The van der Waals surface area contributed by atoms with E-state index in [0.717, 1.165) is 22.4 Å². The van der Waals surface area contributed by atoms with Crippen LogP contribution in [0.3, 0.4) is 0 Å². The van der Waals surface area contributed by atoms with Crippen molar-refractivity contribution in [3.05, 3.63) is 63.2 Å². The number of nitrogens with zero attached hydrogens (tertiary/aromatic N) is 4. The van der Waals surface area contributed by atoms with Gasteiger partial charge in [-0.3, -0.25) is 10.1 Å². The number of nitro groups is 1. The number of hydrogen-bond donors (Lipinski definition) is 0. The summed E-state index contributed by atoms with van der Waals surface area (Å²) in [6, 6.07) is 8.25. The number of fused-ring (bicyclic) bond motifs is 1. The predicted molar refractivity (Wildman–Crippen MR) is 79.5 cm³/mol. The summed E-state index contributed by atoms with van der Waals surface area (Å²) in [6.45, 7) is 2.42. The number of aromatic nitrogens is 3. The SMILES string of the molecule is Cc1nc2ccnc(Cl)c2n1Cc1ccc([N+](=O)[O-])cc1. The van der Waals surface area contributed by atoms with Crippen molar-refractivity contribution in [2.24, 2.45) is 0 Å². The van der Waals surface area contributed by atoms with E-state index < -0.39 is 4.92 Å². The lowest BCUT2D eigenvalue weighted by Gasteiger charge is -2.07. The molecule has 0 aliphatic heterocycles. The van der Waals surface area contributed by atoms with Crippen LogP contribution in [0.2, 0.25) is 5.15 Å². The van der Waals surface area contributed by atoms with Crippen molar-refractivity contribution >= 4 is 28.3 Å². The van der Waals surface area contributed by atoms with Gasteiger partial charge in [-0.2, -0.15) is 0 Å². The number of rotatable bonds is 3. The Hall–Kier alpha value is -2.47. The first-order chi connectivity index (χ1) is 10.1. The highest BCUT2D eigenvalue weighted by atomic mass is 35.5. The van der Waals surface area contributed by atoms with Crippen molar-refractivity contribution in [3.63, 3.8) is 0 Å². The van der Waals surface area contributed by atoms with Crippen LogP contribution in [0.4, 0.5) is 5.69 Å². The first-order valence-electron chi connectivity index (χ1n) is 6.27. The van der Waals surface area contributed by atoms with E-state index in [9.17, 15) is 10.1 Å². The first-order valence-corrected chi connectivity index (χ1v) is 6.65. The molecule has 7 heteroatoms. The van der Waals surface area contributed by atoms with Crippen LogP contribution in [0.15, 0.2) is 36.5 Å². The minimum Gasteiger partial charge on any atom is -0.321 e. The number of aryl methyl sites for hydroxylation is 1. The van der Waals surface area contributed by atoms with Crippen LogP contribution in [0.5, 0.6) is 0 Å². The zero-order valence-electron chi connectivity index (χ0n) is 11.2. The smallest absolute Gasteiger partial charge is 0.269 e. The third-order valence-electron chi connectivity index (χ3n) is 3.29. The molecule has 2 aromatic heterocycles. The van der Waals surface area contributed by atoms with Gasteiger partial charge in [0, 0.05) is 24.9 Å². The summed E-state index contributed by atoms with van der Waals surface area (Å²) < 4.78 is 1.95. The molecule has 3 rings (SSSR count). The summed E-state index contributed by atoms with van der Waals surface area (Å²) >= 11 is 6.15. The quantitative estimate of drug-likeness (QED) is 0.422. The van der Waals surface area contributed by atoms with Crippen LogP contribution in [0.1, 0.15) is 11.4 Å². The van der Waals surface area contributed by atoms with Crippen LogP contribution in [0, 0.1) is 17.0 Å². The predicted octanol–water partition coefficient (Wildman–Crippen LogP) is 3.35. The van der Waals surface area contributed by atoms with Gasteiger partial charge in [0.25, 0.3) is 5.69 Å². The van der Waals surface area contributed by atoms with Crippen molar-refractivity contribution in [1.29, 1.82) is 0 Å². The van der Waals surface area contributed by atoms with Gasteiger partial charge in [0.1, 0.15) is 11.3 Å². The van der Waals surface area contributed by atoms with Crippen molar-refractivity contribution in [2.75, 3.05) is 0 Å². The molecular formula is C14H11ClN4O2. The van der Waals surface area contributed by atoms with Crippen LogP contribution in [-0.2, 0) is 6.54 Å². The van der Waals surface area contributed by atoms with E-state index in [2.05, 4.69) is 9.97 Å². The Bertz CT molecular complexity index is 827. The van der Waals surface area contributed by atoms with Crippen LogP contribution >= 0.6 is 11.6 Å². The Morgan fingerprint density at radius 1 is 1.29 bits per heavy atom. The minimum atomic E-state index is -0.414. The normalized spacial score (nSPS) is 11.0. The molecule has 0 unspecified atom stereocenters. The lowest BCUT2D eigenvalue weighted by atomic mass is 10.2. The largest absolute Gasteiger partial charge is 0.321 e. The number of hydrogen-bond acceptors (Lipinski definition) is 4. The lowest BCUT2D eigenvalue weighted by molar-refractivity contribution is -0.384. The molecule has 3 aromatic rings. The van der Waals surface area contributed by atoms with Crippen molar-refractivity contribution in [2.45, 2.75) is 13.5 Å². The summed E-state index contributed by atoms with van der Waals surface area (Å²) in [7, 11) is 0. The molecule has 6 nitrogen and oxygen atoms in total. The van der Waals surface area contributed by atoms with Gasteiger partial charge >= 0.3 is 0 Å². The number of benzene rings is 1. The molecule has 0 saturated heterocycles. The maximum Gasteiger partial charge on any atom is 0.269 e. The highest BCUT2D eigenvalue weighted by Gasteiger charge is 2.12. The van der Waals surface area contributed by atoms with Gasteiger partial charge in [0.2, 0.25) is 0 Å². The third-order valence-corrected chi connectivity index (χ3v) is 3.57. The Morgan fingerprint density at radius 2 is 2.00 bits per heavy atom. The third kappa shape index (κ3) is 2.45. The number of pyridine rings is 1. The van der Waals surface area contributed by atoms with Crippen LogP contribution < -0.4 is 0 Å². The summed E-state index contributed by atoms with van der Waals surface area (Å²) in [6.07, 6.45) is 1.62. The summed E-state index contributed by atoms with van der Waals surface area (Å²) in [4.78, 5) is 18.8. The van der Waals surface area contributed by atoms with E-state index in [-0.39, 0.29) is 5.69 Å². The number of imidazole rings is 1. The minimum absolute atomic E-state index is 0.0747. The average molecular weight is 303 g/mol. The molecule has 0 N–H and O–H groups in total. The Kier molecular flexibility index (Phi) is 3.31.